The maximum absolute atomic E-state index is 14.0. The van der Waals surface area contributed by atoms with Crippen molar-refractivity contribution < 1.29 is 13.6 Å². The molecule has 1 aromatic carbocycles. The number of alkyl halides is 1. The Bertz CT molecular complexity index is 956. The molecule has 3 rings (SSSR count). The lowest BCUT2D eigenvalue weighted by Crippen LogP contribution is -2.37. The first kappa shape index (κ1) is 18.4. The van der Waals surface area contributed by atoms with E-state index in [0.717, 1.165) is 16.8 Å². The first-order valence-electron chi connectivity index (χ1n) is 8.00. The topological polar surface area (TPSA) is 68.3 Å². The van der Waals surface area contributed by atoms with Gasteiger partial charge in [-0.05, 0) is 17.7 Å². The number of nitrogens with two attached hydrogens (primary N) is 1. The van der Waals surface area contributed by atoms with E-state index in [1.54, 1.807) is 6.07 Å². The molecular weight excluding hydrogens is 364 g/mol. The number of nitrogens with zero attached hydrogens (tertiary/aromatic N) is 2. The van der Waals surface area contributed by atoms with Gasteiger partial charge in [-0.2, -0.15) is 0 Å². The Kier molecular flexibility index (Phi) is 4.52. The fourth-order valence-corrected chi connectivity index (χ4v) is 3.54. The lowest BCUT2D eigenvalue weighted by molar-refractivity contribution is -0.116. The Morgan fingerprint density at radius 1 is 1.27 bits per heavy atom. The van der Waals surface area contributed by atoms with E-state index in [1.807, 2.05) is 13.8 Å². The van der Waals surface area contributed by atoms with Crippen LogP contribution in [0.5, 0.6) is 0 Å². The van der Waals surface area contributed by atoms with Gasteiger partial charge in [0.1, 0.15) is 17.5 Å². The molecule has 8 heteroatoms. The number of carbonyl (C=O) groups is 1. The number of anilines is 1. The van der Waals surface area contributed by atoms with E-state index < -0.39 is 22.6 Å². The van der Waals surface area contributed by atoms with Gasteiger partial charge in [0.15, 0.2) is 0 Å². The molecule has 26 heavy (non-hydrogen) atoms. The first-order valence-corrected chi connectivity index (χ1v) is 8.54. The highest BCUT2D eigenvalue weighted by atomic mass is 35.5. The van der Waals surface area contributed by atoms with E-state index >= 15 is 0 Å². The van der Waals surface area contributed by atoms with Crippen molar-refractivity contribution in [1.82, 2.24) is 4.68 Å². The van der Waals surface area contributed by atoms with Gasteiger partial charge in [0.25, 0.3) is 5.56 Å². The summed E-state index contributed by atoms with van der Waals surface area (Å²) in [7, 11) is 0. The fourth-order valence-electron chi connectivity index (χ4n) is 3.40. The second-order valence-electron chi connectivity index (χ2n) is 6.99. The predicted molar refractivity (Wildman–Crippen MR) is 96.1 cm³/mol. The summed E-state index contributed by atoms with van der Waals surface area (Å²) in [6.45, 7) is 4.07. The number of benzene rings is 1. The van der Waals surface area contributed by atoms with Crippen LogP contribution in [0.3, 0.4) is 0 Å². The molecule has 0 saturated carbocycles. The van der Waals surface area contributed by atoms with Crippen molar-refractivity contribution in [3.63, 3.8) is 0 Å². The number of amides is 1. The molecule has 5 nitrogen and oxygen atoms in total. The van der Waals surface area contributed by atoms with Crippen LogP contribution >= 0.6 is 11.6 Å². The van der Waals surface area contributed by atoms with Gasteiger partial charge in [0, 0.05) is 30.0 Å². The lowest BCUT2D eigenvalue weighted by atomic mass is 9.90. The van der Waals surface area contributed by atoms with Crippen LogP contribution in [0.1, 0.15) is 30.7 Å². The third kappa shape index (κ3) is 2.96. The zero-order valence-electron chi connectivity index (χ0n) is 14.4. The minimum Gasteiger partial charge on any atom is -0.336 e. The third-order valence-electron chi connectivity index (χ3n) is 4.58. The average molecular weight is 382 g/mol. The molecule has 0 bridgehead atoms. The van der Waals surface area contributed by atoms with Crippen molar-refractivity contribution in [1.29, 1.82) is 0 Å². The van der Waals surface area contributed by atoms with E-state index in [2.05, 4.69) is 0 Å². The zero-order chi connectivity index (χ0) is 19.2. The maximum Gasteiger partial charge on any atom is 0.272 e. The van der Waals surface area contributed by atoms with Crippen LogP contribution < -0.4 is 16.3 Å². The van der Waals surface area contributed by atoms with Gasteiger partial charge in [0.2, 0.25) is 5.91 Å². The summed E-state index contributed by atoms with van der Waals surface area (Å²) in [5, 5.41) is 0. The van der Waals surface area contributed by atoms with Crippen molar-refractivity contribution in [2.45, 2.75) is 25.7 Å². The molecule has 2 heterocycles. The standard InChI is InChI=1S/C18H18ClF2N3O2/c1-18(2)9-23(15(25)8-19)14-6-11(17(26)24(22)16(14)18)5-10-3-4-12(20)7-13(10)21/h3-4,6-7H,5,8-9,22H2,1-2H3. The van der Waals surface area contributed by atoms with Crippen molar-refractivity contribution in [2.75, 3.05) is 23.2 Å². The molecular formula is C18H18ClF2N3O2. The minimum absolute atomic E-state index is 0.0707. The predicted octanol–water partition coefficient (Wildman–Crippen LogP) is 2.29. The molecule has 1 amide bonds. The van der Waals surface area contributed by atoms with Crippen LogP contribution in [-0.2, 0) is 16.6 Å². The Labute approximate surface area is 153 Å². The molecule has 1 aliphatic heterocycles. The monoisotopic (exact) mass is 381 g/mol. The Balaban J connectivity index is 2.13. The molecule has 0 saturated heterocycles. The number of aromatic nitrogens is 1. The van der Waals surface area contributed by atoms with Crippen molar-refractivity contribution in [2.24, 2.45) is 0 Å². The van der Waals surface area contributed by atoms with Crippen LogP contribution in [-0.4, -0.2) is 23.0 Å². The zero-order valence-corrected chi connectivity index (χ0v) is 15.1. The van der Waals surface area contributed by atoms with Gasteiger partial charge in [-0.1, -0.05) is 19.9 Å². The van der Waals surface area contributed by atoms with Gasteiger partial charge >= 0.3 is 0 Å². The second-order valence-corrected chi connectivity index (χ2v) is 7.26. The number of hydrogen-bond acceptors (Lipinski definition) is 3. The molecule has 138 valence electrons. The largest absolute Gasteiger partial charge is 0.336 e. The van der Waals surface area contributed by atoms with Gasteiger partial charge in [-0.15, -0.1) is 11.6 Å². The van der Waals surface area contributed by atoms with Crippen molar-refractivity contribution in [3.05, 3.63) is 63.1 Å². The Morgan fingerprint density at radius 3 is 2.58 bits per heavy atom. The average Bonchev–Trinajstić information content (AvgIpc) is 2.84. The molecule has 0 aliphatic carbocycles. The van der Waals surface area contributed by atoms with Gasteiger partial charge in [0.05, 0.1) is 11.4 Å². The number of pyridine rings is 1. The molecule has 0 atom stereocenters. The maximum atomic E-state index is 14.0. The molecule has 0 fully saturated rings. The SMILES string of the molecule is CC1(C)CN(C(=O)CCl)c2cc(Cc3ccc(F)cc3F)c(=O)n(N)c21. The summed E-state index contributed by atoms with van der Waals surface area (Å²) in [4.78, 5) is 26.3. The summed E-state index contributed by atoms with van der Waals surface area (Å²) < 4.78 is 28.1. The van der Waals surface area contributed by atoms with Gasteiger partial charge < -0.3 is 10.7 Å². The van der Waals surface area contributed by atoms with E-state index in [0.29, 0.717) is 17.9 Å². The summed E-state index contributed by atoms with van der Waals surface area (Å²) in [6, 6.07) is 4.71. The van der Waals surface area contributed by atoms with E-state index in [1.165, 1.54) is 11.0 Å². The fraction of sp³-hybridized carbons (Fsp3) is 0.333. The minimum atomic E-state index is -0.748. The molecule has 1 aliphatic rings. The smallest absolute Gasteiger partial charge is 0.272 e. The molecule has 0 unspecified atom stereocenters. The van der Waals surface area contributed by atoms with Gasteiger partial charge in [-0.3, -0.25) is 9.59 Å². The number of hydrogen-bond donors (Lipinski definition) is 1. The molecule has 1 aromatic heterocycles. The highest BCUT2D eigenvalue weighted by Crippen LogP contribution is 2.39. The Hall–Kier alpha value is -2.41. The first-order chi connectivity index (χ1) is 12.2. The number of halogens is 3. The van der Waals surface area contributed by atoms with Crippen LogP contribution in [0.15, 0.2) is 29.1 Å². The van der Waals surface area contributed by atoms with E-state index in [9.17, 15) is 18.4 Å². The quantitative estimate of drug-likeness (QED) is 0.655. The van der Waals surface area contributed by atoms with Crippen molar-refractivity contribution in [3.8, 4) is 0 Å². The summed E-state index contributed by atoms with van der Waals surface area (Å²) in [5.74, 6) is 4.05. The highest BCUT2D eigenvalue weighted by Gasteiger charge is 2.41. The summed E-state index contributed by atoms with van der Waals surface area (Å²) in [5.41, 5.74) is 0.355. The lowest BCUT2D eigenvalue weighted by Gasteiger charge is -2.20. The normalized spacial score (nSPS) is 15.2. The van der Waals surface area contributed by atoms with Crippen LogP contribution in [0.25, 0.3) is 0 Å². The van der Waals surface area contributed by atoms with E-state index in [-0.39, 0.29) is 29.3 Å². The van der Waals surface area contributed by atoms with Crippen LogP contribution in [0.2, 0.25) is 0 Å². The summed E-state index contributed by atoms with van der Waals surface area (Å²) in [6.07, 6.45) is -0.0707. The molecule has 0 radical (unpaired) electrons. The Morgan fingerprint density at radius 2 is 1.96 bits per heavy atom. The van der Waals surface area contributed by atoms with Crippen LogP contribution in [0, 0.1) is 11.6 Å². The molecule has 0 spiro atoms. The van der Waals surface area contributed by atoms with Gasteiger partial charge in [-0.25, -0.2) is 13.5 Å². The highest BCUT2D eigenvalue weighted by molar-refractivity contribution is 6.29. The summed E-state index contributed by atoms with van der Waals surface area (Å²) >= 11 is 5.69. The number of rotatable bonds is 3. The number of fused-ring (bicyclic) bond motifs is 1. The second kappa shape index (κ2) is 6.39. The third-order valence-corrected chi connectivity index (χ3v) is 4.81. The van der Waals surface area contributed by atoms with Crippen LogP contribution in [0.4, 0.5) is 14.5 Å². The van der Waals surface area contributed by atoms with E-state index in [4.69, 9.17) is 17.4 Å². The number of nitrogen functional groups attached to an aromatic ring is 1. The molecule has 2 N–H and O–H groups in total. The van der Waals surface area contributed by atoms with Crippen molar-refractivity contribution >= 4 is 23.2 Å². The number of carbonyl (C=O) groups excluding carboxylic acids is 1. The molecule has 2 aromatic rings.